The molecule has 2 heterocycles. The van der Waals surface area contributed by atoms with Crippen LogP contribution < -0.4 is 5.32 Å². The molecule has 1 aromatic heterocycles. The fourth-order valence-electron chi connectivity index (χ4n) is 3.21. The lowest BCUT2D eigenvalue weighted by molar-refractivity contribution is -0.132. The van der Waals surface area contributed by atoms with Crippen molar-refractivity contribution in [1.29, 1.82) is 0 Å². The van der Waals surface area contributed by atoms with E-state index in [4.69, 9.17) is 0 Å². The lowest BCUT2D eigenvalue weighted by Crippen LogP contribution is -2.44. The molecule has 3 nitrogen and oxygen atoms in total. The zero-order valence-electron chi connectivity index (χ0n) is 12.8. The van der Waals surface area contributed by atoms with Crippen molar-refractivity contribution in [3.8, 4) is 0 Å². The van der Waals surface area contributed by atoms with Gasteiger partial charge in [0.15, 0.2) is 0 Å². The maximum Gasteiger partial charge on any atom is 0.237 e. The summed E-state index contributed by atoms with van der Waals surface area (Å²) in [5.41, 5.74) is 2.16. The van der Waals surface area contributed by atoms with Crippen LogP contribution in [0.15, 0.2) is 35.7 Å². The van der Waals surface area contributed by atoms with Gasteiger partial charge in [-0.1, -0.05) is 12.1 Å². The number of benzene rings is 1. The third kappa shape index (κ3) is 3.03. The summed E-state index contributed by atoms with van der Waals surface area (Å²) in [6.07, 6.45) is 3.24. The van der Waals surface area contributed by atoms with Gasteiger partial charge in [0.25, 0.3) is 0 Å². The van der Waals surface area contributed by atoms with E-state index in [0.29, 0.717) is 12.6 Å². The summed E-state index contributed by atoms with van der Waals surface area (Å²) in [6.45, 7) is 1.11. The predicted molar refractivity (Wildman–Crippen MR) is 89.0 cm³/mol. The van der Waals surface area contributed by atoms with Crippen LogP contribution in [0.3, 0.4) is 0 Å². The first kappa shape index (κ1) is 14.8. The van der Waals surface area contributed by atoms with Crippen molar-refractivity contribution in [3.05, 3.63) is 57.5 Å². The largest absolute Gasteiger partial charge is 0.330 e. The van der Waals surface area contributed by atoms with Gasteiger partial charge in [-0.15, -0.1) is 11.3 Å². The standard InChI is InChI=1S/C18H19FN2OS/c19-13-3-1-12(2-4-13)18-15-8-10-23-16(15)7-9-21(18)17(22)11-20-14-5-6-14/h1-4,8,10,14,18,20H,5-7,9,11H2/t18-/m0/s1. The molecule has 0 bridgehead atoms. The van der Waals surface area contributed by atoms with Gasteiger partial charge in [-0.25, -0.2) is 4.39 Å². The summed E-state index contributed by atoms with van der Waals surface area (Å²) in [5.74, 6) is -0.119. The average molecular weight is 330 g/mol. The van der Waals surface area contributed by atoms with E-state index >= 15 is 0 Å². The summed E-state index contributed by atoms with van der Waals surface area (Å²) in [6, 6.07) is 9.05. The van der Waals surface area contributed by atoms with Crippen LogP contribution >= 0.6 is 11.3 Å². The van der Waals surface area contributed by atoms with Crippen LogP contribution in [0.1, 0.15) is 34.9 Å². The molecular formula is C18H19FN2OS. The highest BCUT2D eigenvalue weighted by Crippen LogP contribution is 2.37. The third-order valence-electron chi connectivity index (χ3n) is 4.59. The molecule has 0 spiro atoms. The van der Waals surface area contributed by atoms with Gasteiger partial charge >= 0.3 is 0 Å². The van der Waals surface area contributed by atoms with Crippen molar-refractivity contribution < 1.29 is 9.18 Å². The Balaban J connectivity index is 1.63. The fourth-order valence-corrected chi connectivity index (χ4v) is 4.11. The minimum absolute atomic E-state index is 0.0981. The number of thiophene rings is 1. The highest BCUT2D eigenvalue weighted by atomic mass is 32.1. The van der Waals surface area contributed by atoms with Gasteiger partial charge < -0.3 is 10.2 Å². The lowest BCUT2D eigenvalue weighted by atomic mass is 9.93. The predicted octanol–water partition coefficient (Wildman–Crippen LogP) is 3.11. The number of hydrogen-bond acceptors (Lipinski definition) is 3. The average Bonchev–Trinajstić information content (AvgIpc) is 3.27. The first-order chi connectivity index (χ1) is 11.2. The zero-order chi connectivity index (χ0) is 15.8. The molecule has 1 atom stereocenters. The molecule has 120 valence electrons. The quantitative estimate of drug-likeness (QED) is 0.934. The number of nitrogens with zero attached hydrogens (tertiary/aromatic N) is 1. The number of rotatable bonds is 4. The van der Waals surface area contributed by atoms with E-state index in [1.807, 2.05) is 4.90 Å². The molecule has 2 aromatic rings. The number of nitrogens with one attached hydrogen (secondary N) is 1. The van der Waals surface area contributed by atoms with Crippen LogP contribution in [-0.2, 0) is 11.2 Å². The summed E-state index contributed by atoms with van der Waals surface area (Å²) in [4.78, 5) is 16.0. The van der Waals surface area contributed by atoms with Crippen molar-refractivity contribution in [2.24, 2.45) is 0 Å². The second-order valence-electron chi connectivity index (χ2n) is 6.25. The van der Waals surface area contributed by atoms with Gasteiger partial charge in [-0.05, 0) is 54.0 Å². The van der Waals surface area contributed by atoms with E-state index in [-0.39, 0.29) is 17.8 Å². The normalized spacial score (nSPS) is 20.4. The molecule has 1 N–H and O–H groups in total. The maximum atomic E-state index is 13.3. The van der Waals surface area contributed by atoms with Crippen molar-refractivity contribution in [2.75, 3.05) is 13.1 Å². The number of halogens is 1. The van der Waals surface area contributed by atoms with E-state index in [0.717, 1.165) is 18.5 Å². The zero-order valence-corrected chi connectivity index (χ0v) is 13.6. The van der Waals surface area contributed by atoms with Crippen LogP contribution in [0.25, 0.3) is 0 Å². The minimum atomic E-state index is -0.247. The Labute approximate surface area is 139 Å². The number of fused-ring (bicyclic) bond motifs is 1. The number of carbonyl (C=O) groups excluding carboxylic acids is 1. The number of hydrogen-bond donors (Lipinski definition) is 1. The molecule has 0 saturated heterocycles. The van der Waals surface area contributed by atoms with E-state index in [9.17, 15) is 9.18 Å². The second-order valence-corrected chi connectivity index (χ2v) is 7.25. The summed E-state index contributed by atoms with van der Waals surface area (Å²) < 4.78 is 13.3. The van der Waals surface area contributed by atoms with E-state index in [1.165, 1.54) is 35.4 Å². The molecule has 2 aliphatic rings. The highest BCUT2D eigenvalue weighted by Gasteiger charge is 2.33. The molecule has 0 radical (unpaired) electrons. The molecule has 0 unspecified atom stereocenters. The van der Waals surface area contributed by atoms with Crippen molar-refractivity contribution in [1.82, 2.24) is 10.2 Å². The van der Waals surface area contributed by atoms with Crippen molar-refractivity contribution >= 4 is 17.2 Å². The van der Waals surface area contributed by atoms with Crippen molar-refractivity contribution in [2.45, 2.75) is 31.3 Å². The van der Waals surface area contributed by atoms with Gasteiger partial charge in [-0.2, -0.15) is 0 Å². The molecule has 4 rings (SSSR count). The Morgan fingerprint density at radius 3 is 2.78 bits per heavy atom. The maximum absolute atomic E-state index is 13.3. The van der Waals surface area contributed by atoms with Gasteiger partial charge in [0, 0.05) is 17.5 Å². The smallest absolute Gasteiger partial charge is 0.237 e. The number of amides is 1. The summed E-state index contributed by atoms with van der Waals surface area (Å²) in [7, 11) is 0. The first-order valence-electron chi connectivity index (χ1n) is 8.07. The Bertz CT molecular complexity index is 708. The summed E-state index contributed by atoms with van der Waals surface area (Å²) in [5, 5.41) is 5.38. The van der Waals surface area contributed by atoms with E-state index < -0.39 is 0 Å². The van der Waals surface area contributed by atoms with Crippen LogP contribution in [0.4, 0.5) is 4.39 Å². The highest BCUT2D eigenvalue weighted by molar-refractivity contribution is 7.10. The van der Waals surface area contributed by atoms with E-state index in [1.54, 1.807) is 23.5 Å². The fraction of sp³-hybridized carbons (Fsp3) is 0.389. The monoisotopic (exact) mass is 330 g/mol. The first-order valence-corrected chi connectivity index (χ1v) is 8.95. The third-order valence-corrected chi connectivity index (χ3v) is 5.59. The molecule has 1 aliphatic carbocycles. The molecule has 5 heteroatoms. The Morgan fingerprint density at radius 2 is 2.04 bits per heavy atom. The topological polar surface area (TPSA) is 32.3 Å². The van der Waals surface area contributed by atoms with E-state index in [2.05, 4.69) is 16.8 Å². The molecule has 1 saturated carbocycles. The molecule has 1 amide bonds. The van der Waals surface area contributed by atoms with Gasteiger partial charge in [-0.3, -0.25) is 4.79 Å². The molecule has 1 aliphatic heterocycles. The number of carbonyl (C=O) groups is 1. The Kier molecular flexibility index (Phi) is 3.91. The molecule has 1 aromatic carbocycles. The van der Waals surface area contributed by atoms with Gasteiger partial charge in [0.05, 0.1) is 12.6 Å². The minimum Gasteiger partial charge on any atom is -0.330 e. The van der Waals surface area contributed by atoms with Crippen LogP contribution in [0.2, 0.25) is 0 Å². The van der Waals surface area contributed by atoms with Gasteiger partial charge in [0.1, 0.15) is 5.82 Å². The van der Waals surface area contributed by atoms with Crippen LogP contribution in [0.5, 0.6) is 0 Å². The summed E-state index contributed by atoms with van der Waals surface area (Å²) >= 11 is 1.74. The second kappa shape index (κ2) is 6.06. The lowest BCUT2D eigenvalue weighted by Gasteiger charge is -2.36. The van der Waals surface area contributed by atoms with Crippen LogP contribution in [0, 0.1) is 5.82 Å². The van der Waals surface area contributed by atoms with Gasteiger partial charge in [0.2, 0.25) is 5.91 Å². The SMILES string of the molecule is O=C(CNC1CC1)N1CCc2sccc2[C@@H]1c1ccc(F)cc1. The molecule has 1 fully saturated rings. The molecular weight excluding hydrogens is 311 g/mol. The molecule has 23 heavy (non-hydrogen) atoms. The Morgan fingerprint density at radius 1 is 1.26 bits per heavy atom. The van der Waals surface area contributed by atoms with Crippen LogP contribution in [-0.4, -0.2) is 29.9 Å². The van der Waals surface area contributed by atoms with Crippen molar-refractivity contribution in [3.63, 3.8) is 0 Å². The Hall–Kier alpha value is -1.72.